The molecule has 0 bridgehead atoms. The van der Waals surface area contributed by atoms with Gasteiger partial charge >= 0.3 is 5.97 Å². The molecule has 0 amide bonds. The molecular weight excluding hydrogens is 557 g/mol. The molecule has 39 heavy (non-hydrogen) atoms. The number of rotatable bonds is 17. The standard InChI is InChI=1S/C33H42O2S4/c1-4-6-8-10-11-13-15-25-16-17-26(36-25)27-18-19-28(37-27)29-20-21-30(38-29)31-22-23-32(39-31)33(34)35-24(3)14-12-9-7-5-2/h16-24H,4-15H2,1-3H3. The van der Waals surface area contributed by atoms with Gasteiger partial charge in [0, 0.05) is 34.1 Å². The van der Waals surface area contributed by atoms with Crippen molar-refractivity contribution < 1.29 is 9.53 Å². The molecule has 0 saturated carbocycles. The van der Waals surface area contributed by atoms with Gasteiger partial charge in [-0.05, 0) is 81.1 Å². The van der Waals surface area contributed by atoms with Crippen LogP contribution in [-0.4, -0.2) is 12.1 Å². The Labute approximate surface area is 251 Å². The average molecular weight is 599 g/mol. The molecule has 0 fully saturated rings. The number of carbonyl (C=O) groups excluding carboxylic acids is 1. The first-order valence-corrected chi connectivity index (χ1v) is 17.9. The predicted molar refractivity (Wildman–Crippen MR) is 175 cm³/mol. The molecule has 4 heterocycles. The van der Waals surface area contributed by atoms with Crippen LogP contribution >= 0.6 is 45.3 Å². The predicted octanol–water partition coefficient (Wildman–Crippen LogP) is 12.4. The highest BCUT2D eigenvalue weighted by Crippen LogP contribution is 2.43. The molecule has 0 spiro atoms. The zero-order chi connectivity index (χ0) is 27.5. The third kappa shape index (κ3) is 9.14. The van der Waals surface area contributed by atoms with E-state index in [9.17, 15) is 4.79 Å². The molecule has 0 aliphatic carbocycles. The van der Waals surface area contributed by atoms with E-state index in [1.807, 2.05) is 35.7 Å². The summed E-state index contributed by atoms with van der Waals surface area (Å²) in [7, 11) is 0. The van der Waals surface area contributed by atoms with E-state index in [4.69, 9.17) is 4.74 Å². The first-order valence-electron chi connectivity index (χ1n) is 14.7. The number of unbranched alkanes of at least 4 members (excludes halogenated alkanes) is 8. The fraction of sp³-hybridized carbons (Fsp3) is 0.485. The van der Waals surface area contributed by atoms with Crippen LogP contribution in [-0.2, 0) is 11.2 Å². The van der Waals surface area contributed by atoms with E-state index in [-0.39, 0.29) is 12.1 Å². The number of aryl methyl sites for hydroxylation is 1. The minimum atomic E-state index is -0.194. The number of hydrogen-bond donors (Lipinski definition) is 0. The van der Waals surface area contributed by atoms with Crippen molar-refractivity contribution in [3.63, 3.8) is 0 Å². The maximum Gasteiger partial charge on any atom is 0.348 e. The topological polar surface area (TPSA) is 26.3 Å². The third-order valence-corrected chi connectivity index (χ3v) is 11.9. The lowest BCUT2D eigenvalue weighted by Crippen LogP contribution is -2.14. The van der Waals surface area contributed by atoms with Gasteiger partial charge in [0.1, 0.15) is 4.88 Å². The highest BCUT2D eigenvalue weighted by atomic mass is 32.1. The van der Waals surface area contributed by atoms with Crippen molar-refractivity contribution in [3.8, 4) is 29.3 Å². The molecule has 0 N–H and O–H groups in total. The van der Waals surface area contributed by atoms with Gasteiger partial charge in [0.15, 0.2) is 0 Å². The Kier molecular flexibility index (Phi) is 12.3. The van der Waals surface area contributed by atoms with Gasteiger partial charge in [0.2, 0.25) is 0 Å². The van der Waals surface area contributed by atoms with Crippen molar-refractivity contribution in [1.82, 2.24) is 0 Å². The second kappa shape index (κ2) is 15.9. The van der Waals surface area contributed by atoms with Gasteiger partial charge in [-0.15, -0.1) is 45.3 Å². The Morgan fingerprint density at radius 2 is 1.10 bits per heavy atom. The second-order valence-electron chi connectivity index (χ2n) is 10.3. The number of hydrogen-bond acceptors (Lipinski definition) is 6. The highest BCUT2D eigenvalue weighted by molar-refractivity contribution is 7.28. The highest BCUT2D eigenvalue weighted by Gasteiger charge is 2.17. The van der Waals surface area contributed by atoms with Crippen LogP contribution in [0.15, 0.2) is 48.5 Å². The minimum absolute atomic E-state index is 0.0313. The van der Waals surface area contributed by atoms with E-state index < -0.39 is 0 Å². The summed E-state index contributed by atoms with van der Waals surface area (Å²) in [5.41, 5.74) is 0. The molecule has 6 heteroatoms. The van der Waals surface area contributed by atoms with Gasteiger partial charge in [-0.25, -0.2) is 4.79 Å². The SMILES string of the molecule is CCCCCCCCc1ccc(-c2ccc(-c3ccc(-c4ccc(C(=O)OC(C)CCCCCC)s4)s3)s2)s1. The lowest BCUT2D eigenvalue weighted by molar-refractivity contribution is 0.0325. The number of thiophene rings is 4. The minimum Gasteiger partial charge on any atom is -0.458 e. The molecule has 0 aromatic carbocycles. The van der Waals surface area contributed by atoms with Crippen molar-refractivity contribution >= 4 is 51.3 Å². The largest absolute Gasteiger partial charge is 0.458 e. The van der Waals surface area contributed by atoms with Crippen LogP contribution in [0.2, 0.25) is 0 Å². The summed E-state index contributed by atoms with van der Waals surface area (Å²) < 4.78 is 5.71. The van der Waals surface area contributed by atoms with Crippen LogP contribution in [0.3, 0.4) is 0 Å². The van der Waals surface area contributed by atoms with Crippen molar-refractivity contribution in [2.24, 2.45) is 0 Å². The van der Waals surface area contributed by atoms with Gasteiger partial charge in [0.25, 0.3) is 0 Å². The molecule has 0 saturated heterocycles. The summed E-state index contributed by atoms with van der Waals surface area (Å²) in [6.07, 6.45) is 15.0. The normalized spacial score (nSPS) is 12.2. The van der Waals surface area contributed by atoms with Crippen LogP contribution in [0.4, 0.5) is 0 Å². The molecule has 210 valence electrons. The van der Waals surface area contributed by atoms with E-state index in [1.165, 1.54) is 105 Å². The molecule has 0 aliphatic rings. The molecule has 1 atom stereocenters. The molecule has 4 rings (SSSR count). The molecule has 4 aromatic heterocycles. The quantitative estimate of drug-likeness (QED) is 0.0892. The third-order valence-electron chi connectivity index (χ3n) is 6.96. The van der Waals surface area contributed by atoms with Crippen LogP contribution in [0.5, 0.6) is 0 Å². The van der Waals surface area contributed by atoms with Crippen molar-refractivity contribution in [1.29, 1.82) is 0 Å². The van der Waals surface area contributed by atoms with Crippen LogP contribution in [0.25, 0.3) is 29.3 Å². The van der Waals surface area contributed by atoms with Crippen LogP contribution in [0.1, 0.15) is 106 Å². The lowest BCUT2D eigenvalue weighted by atomic mass is 10.1. The lowest BCUT2D eigenvalue weighted by Gasteiger charge is -2.12. The smallest absolute Gasteiger partial charge is 0.348 e. The molecule has 4 aromatic rings. The Bertz CT molecular complexity index is 1270. The van der Waals surface area contributed by atoms with Crippen LogP contribution in [0, 0.1) is 0 Å². The molecule has 1 unspecified atom stereocenters. The molecule has 0 aliphatic heterocycles. The first-order chi connectivity index (χ1) is 19.1. The van der Waals surface area contributed by atoms with Gasteiger partial charge < -0.3 is 4.74 Å². The Hall–Kier alpha value is -1.73. The van der Waals surface area contributed by atoms with E-state index >= 15 is 0 Å². The second-order valence-corrected chi connectivity index (χ2v) is 14.8. The summed E-state index contributed by atoms with van der Waals surface area (Å²) in [5, 5.41) is 0. The van der Waals surface area contributed by atoms with Crippen LogP contribution < -0.4 is 0 Å². The molecular formula is C33H42O2S4. The van der Waals surface area contributed by atoms with Gasteiger partial charge in [-0.3, -0.25) is 0 Å². The number of carbonyl (C=O) groups is 1. The summed E-state index contributed by atoms with van der Waals surface area (Å²) in [5.74, 6) is -0.194. The van der Waals surface area contributed by atoms with Crippen molar-refractivity contribution in [2.75, 3.05) is 0 Å². The van der Waals surface area contributed by atoms with Crippen molar-refractivity contribution in [3.05, 3.63) is 58.3 Å². The number of esters is 1. The zero-order valence-electron chi connectivity index (χ0n) is 23.6. The van der Waals surface area contributed by atoms with Gasteiger partial charge in [0.05, 0.1) is 6.10 Å². The molecule has 2 nitrogen and oxygen atoms in total. The zero-order valence-corrected chi connectivity index (χ0v) is 26.9. The van der Waals surface area contributed by atoms with E-state index in [0.717, 1.165) is 17.7 Å². The first kappa shape index (κ1) is 30.2. The fourth-order valence-electron chi connectivity index (χ4n) is 4.67. The Balaban J connectivity index is 1.30. The van der Waals surface area contributed by atoms with E-state index in [0.29, 0.717) is 4.88 Å². The summed E-state index contributed by atoms with van der Waals surface area (Å²) >= 11 is 7.16. The summed E-state index contributed by atoms with van der Waals surface area (Å²) in [4.78, 5) is 22.5. The van der Waals surface area contributed by atoms with Gasteiger partial charge in [-0.1, -0.05) is 65.2 Å². The number of ether oxygens (including phenoxy) is 1. The monoisotopic (exact) mass is 598 g/mol. The van der Waals surface area contributed by atoms with Crippen molar-refractivity contribution in [2.45, 2.75) is 104 Å². The molecule has 0 radical (unpaired) electrons. The average Bonchev–Trinajstić information content (AvgIpc) is 3.74. The maximum atomic E-state index is 12.7. The summed E-state index contributed by atoms with van der Waals surface area (Å²) in [6, 6.07) is 17.5. The van der Waals surface area contributed by atoms with E-state index in [1.54, 1.807) is 11.3 Å². The Morgan fingerprint density at radius 1 is 0.615 bits per heavy atom. The van der Waals surface area contributed by atoms with Gasteiger partial charge in [-0.2, -0.15) is 0 Å². The Morgan fingerprint density at radius 3 is 1.74 bits per heavy atom. The summed E-state index contributed by atoms with van der Waals surface area (Å²) in [6.45, 7) is 6.49. The maximum absolute atomic E-state index is 12.7. The van der Waals surface area contributed by atoms with E-state index in [2.05, 4.69) is 56.3 Å². The fourth-order valence-corrected chi connectivity index (χ4v) is 8.89.